The summed E-state index contributed by atoms with van der Waals surface area (Å²) in [4.78, 5) is 39.7. The lowest BCUT2D eigenvalue weighted by atomic mass is 10.0. The standard InChI is InChI=1S/C20H27N5O5/c1-11(2)9-15(18(26)22-13-5-7-14(8-6-13)25(28)29)23-19(27)16-10-30-20(24-16)17(21)12(3)4/h5-8,10-12,15,17H,9,21H2,1-4H3,(H,22,26)(H,23,27). The minimum Gasteiger partial charge on any atom is -0.446 e. The number of amides is 2. The van der Waals surface area contributed by atoms with Crippen LogP contribution in [0.1, 0.15) is 56.5 Å². The molecule has 2 atom stereocenters. The Hall–Kier alpha value is -3.27. The van der Waals surface area contributed by atoms with Crippen molar-refractivity contribution in [1.82, 2.24) is 10.3 Å². The number of carbonyl (C=O) groups excluding carboxylic acids is 2. The summed E-state index contributed by atoms with van der Waals surface area (Å²) < 4.78 is 5.31. The van der Waals surface area contributed by atoms with Gasteiger partial charge in [-0.15, -0.1) is 0 Å². The number of non-ortho nitro benzene ring substituents is 1. The number of nitro benzene ring substituents is 1. The van der Waals surface area contributed by atoms with Gasteiger partial charge in [-0.05, 0) is 30.4 Å². The molecular weight excluding hydrogens is 390 g/mol. The normalized spacial score (nSPS) is 13.2. The molecule has 1 aromatic carbocycles. The van der Waals surface area contributed by atoms with Crippen LogP contribution in [0.5, 0.6) is 0 Å². The summed E-state index contributed by atoms with van der Waals surface area (Å²) in [5, 5.41) is 16.1. The third-order valence-electron chi connectivity index (χ3n) is 4.43. The SMILES string of the molecule is CC(C)CC(NC(=O)c1coc(C(N)C(C)C)n1)C(=O)Nc1ccc([N+](=O)[O-])cc1. The molecule has 10 heteroatoms. The molecule has 0 fully saturated rings. The van der Waals surface area contributed by atoms with Crippen LogP contribution < -0.4 is 16.4 Å². The van der Waals surface area contributed by atoms with E-state index in [0.29, 0.717) is 12.1 Å². The van der Waals surface area contributed by atoms with E-state index in [2.05, 4.69) is 15.6 Å². The molecule has 2 unspecified atom stereocenters. The quantitative estimate of drug-likeness (QED) is 0.418. The minimum atomic E-state index is -0.827. The van der Waals surface area contributed by atoms with E-state index in [4.69, 9.17) is 10.2 Å². The number of hydrogen-bond donors (Lipinski definition) is 3. The summed E-state index contributed by atoms with van der Waals surface area (Å²) in [5.41, 5.74) is 6.33. The maximum atomic E-state index is 12.7. The minimum absolute atomic E-state index is 0.0398. The zero-order valence-corrected chi connectivity index (χ0v) is 17.4. The molecule has 4 N–H and O–H groups in total. The Balaban J connectivity index is 2.10. The van der Waals surface area contributed by atoms with Gasteiger partial charge in [-0.3, -0.25) is 19.7 Å². The van der Waals surface area contributed by atoms with Crippen LogP contribution in [0.3, 0.4) is 0 Å². The fourth-order valence-corrected chi connectivity index (χ4v) is 2.66. The molecule has 0 bridgehead atoms. The van der Waals surface area contributed by atoms with Gasteiger partial charge in [0.1, 0.15) is 12.3 Å². The number of anilines is 1. The van der Waals surface area contributed by atoms with Gasteiger partial charge in [0.2, 0.25) is 11.8 Å². The van der Waals surface area contributed by atoms with Gasteiger partial charge in [0.15, 0.2) is 5.69 Å². The van der Waals surface area contributed by atoms with Crippen LogP contribution in [-0.2, 0) is 4.79 Å². The molecule has 0 radical (unpaired) electrons. The van der Waals surface area contributed by atoms with E-state index in [1.807, 2.05) is 27.7 Å². The van der Waals surface area contributed by atoms with Crippen LogP contribution in [0.15, 0.2) is 34.9 Å². The fraction of sp³-hybridized carbons (Fsp3) is 0.450. The molecule has 0 aliphatic carbocycles. The van der Waals surface area contributed by atoms with Crippen LogP contribution >= 0.6 is 0 Å². The third kappa shape index (κ3) is 6.11. The zero-order valence-electron chi connectivity index (χ0n) is 17.4. The first kappa shape index (κ1) is 23.0. The molecule has 0 aliphatic heterocycles. The van der Waals surface area contributed by atoms with Crippen molar-refractivity contribution < 1.29 is 18.9 Å². The lowest BCUT2D eigenvalue weighted by Crippen LogP contribution is -2.44. The van der Waals surface area contributed by atoms with Crippen molar-refractivity contribution in [3.8, 4) is 0 Å². The average Bonchev–Trinajstić information content (AvgIpc) is 3.17. The predicted molar refractivity (Wildman–Crippen MR) is 111 cm³/mol. The highest BCUT2D eigenvalue weighted by molar-refractivity contribution is 6.00. The number of nitro groups is 1. The second-order valence-electron chi connectivity index (χ2n) is 7.79. The predicted octanol–water partition coefficient (Wildman–Crippen LogP) is 3.02. The number of aromatic nitrogens is 1. The van der Waals surface area contributed by atoms with Crippen LogP contribution in [0, 0.1) is 22.0 Å². The Morgan fingerprint density at radius 2 is 1.83 bits per heavy atom. The summed E-state index contributed by atoms with van der Waals surface area (Å²) in [6.07, 6.45) is 1.61. The summed E-state index contributed by atoms with van der Waals surface area (Å²) >= 11 is 0. The van der Waals surface area contributed by atoms with Crippen molar-refractivity contribution in [1.29, 1.82) is 0 Å². The number of oxazole rings is 1. The molecule has 0 saturated heterocycles. The Bertz CT molecular complexity index is 891. The van der Waals surface area contributed by atoms with Gasteiger partial charge in [-0.1, -0.05) is 27.7 Å². The van der Waals surface area contributed by atoms with Gasteiger partial charge in [-0.2, -0.15) is 0 Å². The third-order valence-corrected chi connectivity index (χ3v) is 4.43. The van der Waals surface area contributed by atoms with Crippen LogP contribution in [0.2, 0.25) is 0 Å². The Morgan fingerprint density at radius 1 is 1.20 bits per heavy atom. The molecule has 2 aromatic rings. The number of nitrogens with two attached hydrogens (primary N) is 1. The second kappa shape index (κ2) is 9.97. The molecule has 1 heterocycles. The molecular formula is C20H27N5O5. The van der Waals surface area contributed by atoms with E-state index in [0.717, 1.165) is 0 Å². The zero-order chi connectivity index (χ0) is 22.4. The Labute approximate surface area is 174 Å². The first-order chi connectivity index (χ1) is 14.1. The molecule has 0 spiro atoms. The summed E-state index contributed by atoms with van der Waals surface area (Å²) in [5.74, 6) is -0.522. The van der Waals surface area contributed by atoms with Crippen molar-refractivity contribution >= 4 is 23.2 Å². The van der Waals surface area contributed by atoms with E-state index in [1.54, 1.807) is 0 Å². The summed E-state index contributed by atoms with van der Waals surface area (Å²) in [6.45, 7) is 7.67. The molecule has 2 rings (SSSR count). The number of nitrogens with one attached hydrogen (secondary N) is 2. The first-order valence-corrected chi connectivity index (χ1v) is 9.65. The summed E-state index contributed by atoms with van der Waals surface area (Å²) in [6, 6.07) is 4.18. The lowest BCUT2D eigenvalue weighted by molar-refractivity contribution is -0.384. The van der Waals surface area contributed by atoms with E-state index in [9.17, 15) is 19.7 Å². The van der Waals surface area contributed by atoms with Crippen molar-refractivity contribution in [3.63, 3.8) is 0 Å². The van der Waals surface area contributed by atoms with Gasteiger partial charge in [-0.25, -0.2) is 4.98 Å². The first-order valence-electron chi connectivity index (χ1n) is 9.65. The maximum Gasteiger partial charge on any atom is 0.273 e. The molecule has 162 valence electrons. The van der Waals surface area contributed by atoms with Crippen LogP contribution in [0.4, 0.5) is 11.4 Å². The van der Waals surface area contributed by atoms with Crippen molar-refractivity contribution in [2.75, 3.05) is 5.32 Å². The highest BCUT2D eigenvalue weighted by Crippen LogP contribution is 2.19. The Kier molecular flexibility index (Phi) is 7.65. The summed E-state index contributed by atoms with van der Waals surface area (Å²) in [7, 11) is 0. The lowest BCUT2D eigenvalue weighted by Gasteiger charge is -2.19. The van der Waals surface area contributed by atoms with E-state index < -0.39 is 28.8 Å². The van der Waals surface area contributed by atoms with Gasteiger partial charge in [0.05, 0.1) is 11.0 Å². The molecule has 10 nitrogen and oxygen atoms in total. The number of nitrogens with zero attached hydrogens (tertiary/aromatic N) is 2. The Morgan fingerprint density at radius 3 is 2.37 bits per heavy atom. The van der Waals surface area contributed by atoms with E-state index >= 15 is 0 Å². The number of carbonyl (C=O) groups is 2. The van der Waals surface area contributed by atoms with Crippen LogP contribution in [-0.4, -0.2) is 27.8 Å². The van der Waals surface area contributed by atoms with Gasteiger partial charge in [0.25, 0.3) is 11.6 Å². The van der Waals surface area contributed by atoms with E-state index in [1.165, 1.54) is 30.5 Å². The van der Waals surface area contributed by atoms with E-state index in [-0.39, 0.29) is 29.1 Å². The monoisotopic (exact) mass is 417 g/mol. The van der Waals surface area contributed by atoms with Gasteiger partial charge >= 0.3 is 0 Å². The highest BCUT2D eigenvalue weighted by atomic mass is 16.6. The highest BCUT2D eigenvalue weighted by Gasteiger charge is 2.25. The molecule has 30 heavy (non-hydrogen) atoms. The van der Waals surface area contributed by atoms with Crippen LogP contribution in [0.25, 0.3) is 0 Å². The molecule has 2 amide bonds. The molecule has 0 saturated carbocycles. The number of rotatable bonds is 9. The molecule has 0 aliphatic rings. The largest absolute Gasteiger partial charge is 0.446 e. The maximum absolute atomic E-state index is 12.7. The van der Waals surface area contributed by atoms with Gasteiger partial charge in [0, 0.05) is 17.8 Å². The fourth-order valence-electron chi connectivity index (χ4n) is 2.66. The average molecular weight is 417 g/mol. The van der Waals surface area contributed by atoms with Crippen molar-refractivity contribution in [2.45, 2.75) is 46.2 Å². The molecule has 1 aromatic heterocycles. The number of hydrogen-bond acceptors (Lipinski definition) is 7. The number of benzene rings is 1. The second-order valence-corrected chi connectivity index (χ2v) is 7.79. The smallest absolute Gasteiger partial charge is 0.273 e. The van der Waals surface area contributed by atoms with Crippen molar-refractivity contribution in [3.05, 3.63) is 52.2 Å². The topological polar surface area (TPSA) is 153 Å². The van der Waals surface area contributed by atoms with Gasteiger partial charge < -0.3 is 20.8 Å². The van der Waals surface area contributed by atoms with Crippen molar-refractivity contribution in [2.24, 2.45) is 17.6 Å².